The molecule has 30 heavy (non-hydrogen) atoms. The molecule has 1 aromatic carbocycles. The van der Waals surface area contributed by atoms with Crippen LogP contribution in [0.15, 0.2) is 34.6 Å². The first kappa shape index (κ1) is 22.2. The van der Waals surface area contributed by atoms with Crippen molar-refractivity contribution in [1.82, 2.24) is 20.5 Å². The molecule has 162 valence electrons. The number of benzene rings is 1. The van der Waals surface area contributed by atoms with Gasteiger partial charge in [0.25, 0.3) is 0 Å². The van der Waals surface area contributed by atoms with Crippen molar-refractivity contribution in [2.75, 3.05) is 26.7 Å². The molecule has 0 bridgehead atoms. The summed E-state index contributed by atoms with van der Waals surface area (Å²) in [5, 5.41) is 9.92. The highest BCUT2D eigenvalue weighted by Gasteiger charge is 2.23. The molecule has 2 aromatic rings. The zero-order chi connectivity index (χ0) is 21.3. The Kier molecular flexibility index (Phi) is 8.21. The molecule has 1 fully saturated rings. The van der Waals surface area contributed by atoms with E-state index < -0.39 is 0 Å². The SMILES string of the molecule is CN=C(NCCc1csc(C)n1)NCc1cccc(CN2CCCC(C(N)=O)C2)c1. The first-order valence-electron chi connectivity index (χ1n) is 10.5. The number of nitrogens with zero attached hydrogens (tertiary/aromatic N) is 3. The number of aryl methyl sites for hydroxylation is 1. The number of piperidine rings is 1. The Morgan fingerprint density at radius 2 is 2.20 bits per heavy atom. The van der Waals surface area contributed by atoms with E-state index in [1.165, 1.54) is 11.1 Å². The number of carbonyl (C=O) groups is 1. The van der Waals surface area contributed by atoms with Crippen LogP contribution in [-0.4, -0.2) is 48.4 Å². The predicted octanol–water partition coefficient (Wildman–Crippen LogP) is 2.06. The minimum absolute atomic E-state index is 0.0220. The molecule has 7 nitrogen and oxygen atoms in total. The van der Waals surface area contributed by atoms with Crippen LogP contribution in [0, 0.1) is 12.8 Å². The molecule has 0 aliphatic carbocycles. The van der Waals surface area contributed by atoms with E-state index in [0.29, 0.717) is 6.54 Å². The van der Waals surface area contributed by atoms with Crippen molar-refractivity contribution in [3.63, 3.8) is 0 Å². The number of amides is 1. The molecular weight excluding hydrogens is 396 g/mol. The standard InChI is InChI=1S/C22H32N6OS/c1-16-27-20(15-30-16)8-9-25-22(24-2)26-12-17-5-3-6-18(11-17)13-28-10-4-7-19(14-28)21(23)29/h3,5-6,11,15,19H,4,7-10,12-14H2,1-2H3,(H2,23,29)(H2,24,25,26). The Balaban J connectivity index is 1.46. The fraction of sp³-hybridized carbons (Fsp3) is 0.500. The molecule has 0 saturated carbocycles. The molecule has 0 spiro atoms. The summed E-state index contributed by atoms with van der Waals surface area (Å²) in [6.07, 6.45) is 2.81. The molecule has 1 aliphatic rings. The van der Waals surface area contributed by atoms with Gasteiger partial charge in [-0.2, -0.15) is 0 Å². The maximum absolute atomic E-state index is 11.5. The van der Waals surface area contributed by atoms with Gasteiger partial charge in [-0.25, -0.2) is 4.98 Å². The largest absolute Gasteiger partial charge is 0.369 e. The third kappa shape index (κ3) is 6.81. The molecule has 8 heteroatoms. The second-order valence-corrected chi connectivity index (χ2v) is 8.82. The lowest BCUT2D eigenvalue weighted by atomic mass is 9.97. The average molecular weight is 429 g/mol. The maximum atomic E-state index is 11.5. The Morgan fingerprint density at radius 3 is 2.93 bits per heavy atom. The first-order chi connectivity index (χ1) is 14.5. The Hall–Kier alpha value is -2.45. The predicted molar refractivity (Wildman–Crippen MR) is 122 cm³/mol. The zero-order valence-corrected chi connectivity index (χ0v) is 18.7. The van der Waals surface area contributed by atoms with E-state index in [2.05, 4.69) is 55.2 Å². The lowest BCUT2D eigenvalue weighted by molar-refractivity contribution is -0.123. The van der Waals surface area contributed by atoms with Gasteiger partial charge in [-0.1, -0.05) is 24.3 Å². The molecule has 1 unspecified atom stereocenters. The van der Waals surface area contributed by atoms with Crippen molar-refractivity contribution in [3.05, 3.63) is 51.5 Å². The van der Waals surface area contributed by atoms with Gasteiger partial charge in [0.05, 0.1) is 16.6 Å². The molecule has 3 rings (SSSR count). The lowest BCUT2D eigenvalue weighted by Crippen LogP contribution is -2.40. The summed E-state index contributed by atoms with van der Waals surface area (Å²) in [6.45, 7) is 6.13. The van der Waals surface area contributed by atoms with E-state index >= 15 is 0 Å². The van der Waals surface area contributed by atoms with Gasteiger partial charge in [-0.15, -0.1) is 11.3 Å². The average Bonchev–Trinajstić information content (AvgIpc) is 3.16. The number of aromatic nitrogens is 1. The normalized spacial score (nSPS) is 17.7. The quantitative estimate of drug-likeness (QED) is 0.442. The van der Waals surface area contributed by atoms with Crippen LogP contribution in [0.4, 0.5) is 0 Å². The molecule has 1 aromatic heterocycles. The van der Waals surface area contributed by atoms with Gasteiger partial charge in [0, 0.05) is 45.0 Å². The highest BCUT2D eigenvalue weighted by Crippen LogP contribution is 2.18. The van der Waals surface area contributed by atoms with Gasteiger partial charge in [0.15, 0.2) is 5.96 Å². The van der Waals surface area contributed by atoms with Gasteiger partial charge in [-0.3, -0.25) is 14.7 Å². The minimum Gasteiger partial charge on any atom is -0.369 e. The smallest absolute Gasteiger partial charge is 0.221 e. The second kappa shape index (κ2) is 11.1. The zero-order valence-electron chi connectivity index (χ0n) is 17.9. The van der Waals surface area contributed by atoms with Gasteiger partial charge in [0.1, 0.15) is 0 Å². The second-order valence-electron chi connectivity index (χ2n) is 7.76. The minimum atomic E-state index is -0.179. The monoisotopic (exact) mass is 428 g/mol. The van der Waals surface area contributed by atoms with E-state index in [1.54, 1.807) is 18.4 Å². The number of guanidine groups is 1. The highest BCUT2D eigenvalue weighted by molar-refractivity contribution is 7.09. The summed E-state index contributed by atoms with van der Waals surface area (Å²) < 4.78 is 0. The van der Waals surface area contributed by atoms with Crippen LogP contribution in [-0.2, 0) is 24.3 Å². The number of aliphatic imine (C=N–C) groups is 1. The number of nitrogens with two attached hydrogens (primary N) is 1. The molecule has 1 atom stereocenters. The summed E-state index contributed by atoms with van der Waals surface area (Å²) in [4.78, 5) is 22.6. The number of hydrogen-bond donors (Lipinski definition) is 3. The van der Waals surface area contributed by atoms with Crippen LogP contribution in [0.5, 0.6) is 0 Å². The number of carbonyl (C=O) groups excluding carboxylic acids is 1. The van der Waals surface area contributed by atoms with Crippen LogP contribution < -0.4 is 16.4 Å². The van der Waals surface area contributed by atoms with Crippen molar-refractivity contribution >= 4 is 23.2 Å². The summed E-state index contributed by atoms with van der Waals surface area (Å²) in [6, 6.07) is 8.55. The molecule has 1 amide bonds. The summed E-state index contributed by atoms with van der Waals surface area (Å²) in [5.74, 6) is 0.584. The van der Waals surface area contributed by atoms with Crippen LogP contribution in [0.1, 0.15) is 34.7 Å². The van der Waals surface area contributed by atoms with Gasteiger partial charge >= 0.3 is 0 Å². The lowest BCUT2D eigenvalue weighted by Gasteiger charge is -2.31. The number of thiazole rings is 1. The summed E-state index contributed by atoms with van der Waals surface area (Å²) >= 11 is 1.68. The van der Waals surface area contributed by atoms with Crippen molar-refractivity contribution < 1.29 is 4.79 Å². The topological polar surface area (TPSA) is 95.6 Å². The third-order valence-electron chi connectivity index (χ3n) is 5.33. The van der Waals surface area contributed by atoms with Crippen LogP contribution in [0.25, 0.3) is 0 Å². The van der Waals surface area contributed by atoms with E-state index in [0.717, 1.165) is 62.1 Å². The Bertz CT molecular complexity index is 865. The number of rotatable bonds is 8. The maximum Gasteiger partial charge on any atom is 0.221 e. The number of hydrogen-bond acceptors (Lipinski definition) is 5. The molecular formula is C22H32N6OS. The van der Waals surface area contributed by atoms with Crippen LogP contribution in [0.2, 0.25) is 0 Å². The molecule has 4 N–H and O–H groups in total. The molecule has 1 saturated heterocycles. The van der Waals surface area contributed by atoms with E-state index in [9.17, 15) is 4.79 Å². The van der Waals surface area contributed by atoms with Crippen molar-refractivity contribution in [1.29, 1.82) is 0 Å². The van der Waals surface area contributed by atoms with E-state index in [4.69, 9.17) is 5.73 Å². The van der Waals surface area contributed by atoms with Crippen molar-refractivity contribution in [2.45, 2.75) is 39.3 Å². The highest BCUT2D eigenvalue weighted by atomic mass is 32.1. The summed E-state index contributed by atoms with van der Waals surface area (Å²) in [5.41, 5.74) is 9.07. The fourth-order valence-electron chi connectivity index (χ4n) is 3.77. The van der Waals surface area contributed by atoms with Crippen LogP contribution >= 0.6 is 11.3 Å². The molecule has 0 radical (unpaired) electrons. The van der Waals surface area contributed by atoms with Gasteiger partial charge < -0.3 is 16.4 Å². The fourth-order valence-corrected chi connectivity index (χ4v) is 4.41. The summed E-state index contributed by atoms with van der Waals surface area (Å²) in [7, 11) is 1.78. The van der Waals surface area contributed by atoms with E-state index in [-0.39, 0.29) is 11.8 Å². The molecule has 1 aliphatic heterocycles. The Morgan fingerprint density at radius 1 is 1.37 bits per heavy atom. The first-order valence-corrected chi connectivity index (χ1v) is 11.4. The van der Waals surface area contributed by atoms with E-state index in [1.807, 2.05) is 6.92 Å². The van der Waals surface area contributed by atoms with Gasteiger partial charge in [-0.05, 0) is 37.4 Å². The number of likely N-dealkylation sites (tertiary alicyclic amines) is 1. The van der Waals surface area contributed by atoms with Crippen molar-refractivity contribution in [2.24, 2.45) is 16.6 Å². The number of nitrogens with one attached hydrogen (secondary N) is 2. The third-order valence-corrected chi connectivity index (χ3v) is 6.15. The van der Waals surface area contributed by atoms with Crippen molar-refractivity contribution in [3.8, 4) is 0 Å². The Labute approximate surface area is 182 Å². The molecule has 2 heterocycles. The van der Waals surface area contributed by atoms with Gasteiger partial charge in [0.2, 0.25) is 5.91 Å². The number of primary amides is 1. The van der Waals surface area contributed by atoms with Crippen LogP contribution in [0.3, 0.4) is 0 Å².